The highest BCUT2D eigenvalue weighted by molar-refractivity contribution is 5.92. The number of likely N-dealkylation sites (N-methyl/N-ethyl adjacent to an activating group) is 1. The van der Waals surface area contributed by atoms with E-state index in [0.29, 0.717) is 6.54 Å². The van der Waals surface area contributed by atoms with Gasteiger partial charge in [0.2, 0.25) is 5.91 Å². The van der Waals surface area contributed by atoms with Gasteiger partial charge < -0.3 is 4.90 Å². The molecule has 0 unspecified atom stereocenters. The lowest BCUT2D eigenvalue weighted by Gasteiger charge is -2.17. The molecule has 1 heterocycles. The van der Waals surface area contributed by atoms with Gasteiger partial charge in [0.25, 0.3) is 0 Å². The van der Waals surface area contributed by atoms with Crippen LogP contribution in [-0.2, 0) is 11.2 Å². The van der Waals surface area contributed by atoms with Crippen LogP contribution in [-0.4, -0.2) is 29.4 Å². The van der Waals surface area contributed by atoms with E-state index in [-0.39, 0.29) is 5.91 Å². The Labute approximate surface area is 103 Å². The molecule has 0 aromatic carbocycles. The maximum Gasteiger partial charge on any atom is 0.248 e. The monoisotopic (exact) mass is 232 g/mol. The summed E-state index contributed by atoms with van der Waals surface area (Å²) in [5.74, 6) is 0.0998. The third-order valence-corrected chi connectivity index (χ3v) is 2.62. The summed E-state index contributed by atoms with van der Waals surface area (Å²) in [6.45, 7) is 4.60. The van der Waals surface area contributed by atoms with Crippen molar-refractivity contribution in [3.05, 3.63) is 41.7 Å². The van der Waals surface area contributed by atoms with E-state index in [9.17, 15) is 4.79 Å². The van der Waals surface area contributed by atoms with Gasteiger partial charge in [0.05, 0.1) is 0 Å². The van der Waals surface area contributed by atoms with Gasteiger partial charge in [-0.25, -0.2) is 0 Å². The molecule has 0 N–H and O–H groups in total. The Morgan fingerprint density at radius 1 is 1.47 bits per heavy atom. The van der Waals surface area contributed by atoms with Crippen LogP contribution in [0.5, 0.6) is 0 Å². The van der Waals surface area contributed by atoms with Gasteiger partial charge in [-0.15, -0.1) is 0 Å². The lowest BCUT2D eigenvalue weighted by atomic mass is 10.2. The van der Waals surface area contributed by atoms with Crippen molar-refractivity contribution in [1.29, 1.82) is 0 Å². The zero-order valence-corrected chi connectivity index (χ0v) is 10.8. The molecule has 1 amide bonds. The fourth-order valence-corrected chi connectivity index (χ4v) is 1.62. The zero-order chi connectivity index (χ0) is 12.7. The second-order valence-corrected chi connectivity index (χ2v) is 4.09. The van der Waals surface area contributed by atoms with Crippen molar-refractivity contribution in [3.8, 4) is 0 Å². The first-order valence-electron chi connectivity index (χ1n) is 5.97. The molecule has 0 aliphatic carbocycles. The maximum absolute atomic E-state index is 11.9. The van der Waals surface area contributed by atoms with Crippen LogP contribution < -0.4 is 0 Å². The summed E-state index contributed by atoms with van der Waals surface area (Å²) in [6, 6.07) is 5.84. The summed E-state index contributed by atoms with van der Waals surface area (Å²) >= 11 is 0. The second kappa shape index (κ2) is 6.84. The molecular weight excluding hydrogens is 212 g/mol. The first kappa shape index (κ1) is 13.4. The van der Waals surface area contributed by atoms with Crippen molar-refractivity contribution in [2.75, 3.05) is 13.6 Å². The van der Waals surface area contributed by atoms with Crippen LogP contribution in [0.3, 0.4) is 0 Å². The van der Waals surface area contributed by atoms with E-state index in [1.807, 2.05) is 45.2 Å². The van der Waals surface area contributed by atoms with Crippen molar-refractivity contribution in [2.24, 2.45) is 0 Å². The quantitative estimate of drug-likeness (QED) is 0.730. The predicted molar refractivity (Wildman–Crippen MR) is 69.6 cm³/mol. The third kappa shape index (κ3) is 4.39. The van der Waals surface area contributed by atoms with Gasteiger partial charge in [0.1, 0.15) is 0 Å². The molecule has 0 fully saturated rings. The molecule has 0 radical (unpaired) electrons. The van der Waals surface area contributed by atoms with Crippen LogP contribution in [0.15, 0.2) is 36.0 Å². The summed E-state index contributed by atoms with van der Waals surface area (Å²) in [5, 5.41) is 0. The highest BCUT2D eigenvalue weighted by Crippen LogP contribution is 2.03. The fourth-order valence-electron chi connectivity index (χ4n) is 1.62. The zero-order valence-electron chi connectivity index (χ0n) is 10.8. The Bertz CT molecular complexity index is 384. The van der Waals surface area contributed by atoms with Gasteiger partial charge >= 0.3 is 0 Å². The molecule has 0 saturated carbocycles. The van der Waals surface area contributed by atoms with Crippen LogP contribution in [0.25, 0.3) is 0 Å². The van der Waals surface area contributed by atoms with Crippen molar-refractivity contribution in [3.63, 3.8) is 0 Å². The van der Waals surface area contributed by atoms with E-state index in [0.717, 1.165) is 24.1 Å². The Morgan fingerprint density at radius 2 is 2.24 bits per heavy atom. The normalized spacial score (nSPS) is 11.4. The van der Waals surface area contributed by atoms with Crippen LogP contribution in [0.4, 0.5) is 0 Å². The summed E-state index contributed by atoms with van der Waals surface area (Å²) in [4.78, 5) is 17.9. The number of nitrogens with zero attached hydrogens (tertiary/aromatic N) is 2. The van der Waals surface area contributed by atoms with Crippen LogP contribution >= 0.6 is 0 Å². The minimum atomic E-state index is 0.0998. The lowest BCUT2D eigenvalue weighted by molar-refractivity contribution is -0.125. The molecule has 17 heavy (non-hydrogen) atoms. The Balaban J connectivity index is 2.47. The molecule has 0 atom stereocenters. The van der Waals surface area contributed by atoms with Crippen LogP contribution in [0, 0.1) is 0 Å². The van der Waals surface area contributed by atoms with E-state index in [1.165, 1.54) is 0 Å². The molecule has 1 aromatic rings. The number of pyridine rings is 1. The van der Waals surface area contributed by atoms with Crippen molar-refractivity contribution in [1.82, 2.24) is 9.88 Å². The van der Waals surface area contributed by atoms with E-state index in [2.05, 4.69) is 4.98 Å². The molecule has 92 valence electrons. The van der Waals surface area contributed by atoms with Crippen LogP contribution in [0.2, 0.25) is 0 Å². The molecule has 1 aromatic heterocycles. The molecule has 0 saturated heterocycles. The fraction of sp³-hybridized carbons (Fsp3) is 0.429. The summed E-state index contributed by atoms with van der Waals surface area (Å²) < 4.78 is 0. The molecule has 3 heteroatoms. The third-order valence-electron chi connectivity index (χ3n) is 2.62. The number of allylic oxidation sites excluding steroid dienone is 1. The van der Waals surface area contributed by atoms with Gasteiger partial charge in [-0.2, -0.15) is 0 Å². The number of hydrogen-bond donors (Lipinski definition) is 0. The van der Waals surface area contributed by atoms with E-state index >= 15 is 0 Å². The minimum absolute atomic E-state index is 0.0998. The van der Waals surface area contributed by atoms with Gasteiger partial charge in [-0.05, 0) is 25.5 Å². The number of amides is 1. The van der Waals surface area contributed by atoms with Crippen LogP contribution in [0.1, 0.15) is 26.0 Å². The summed E-state index contributed by atoms with van der Waals surface area (Å²) in [5.41, 5.74) is 1.83. The smallest absolute Gasteiger partial charge is 0.248 e. The number of carbonyl (C=O) groups excluding carboxylic acids is 1. The van der Waals surface area contributed by atoms with Gasteiger partial charge in [0, 0.05) is 37.5 Å². The molecule has 0 aliphatic heterocycles. The maximum atomic E-state index is 11.9. The molecule has 0 bridgehead atoms. The average Bonchev–Trinajstić information content (AvgIpc) is 2.36. The van der Waals surface area contributed by atoms with Gasteiger partial charge in [-0.3, -0.25) is 9.78 Å². The van der Waals surface area contributed by atoms with Crippen molar-refractivity contribution >= 4 is 5.91 Å². The first-order valence-corrected chi connectivity index (χ1v) is 5.97. The Morgan fingerprint density at radius 3 is 2.82 bits per heavy atom. The minimum Gasteiger partial charge on any atom is -0.342 e. The average molecular weight is 232 g/mol. The lowest BCUT2D eigenvalue weighted by Crippen LogP contribution is -2.29. The molecular formula is C14H20N2O. The summed E-state index contributed by atoms with van der Waals surface area (Å²) in [7, 11) is 1.83. The topological polar surface area (TPSA) is 33.2 Å². The van der Waals surface area contributed by atoms with Crippen molar-refractivity contribution < 1.29 is 4.79 Å². The number of carbonyl (C=O) groups is 1. The predicted octanol–water partition coefficient (Wildman–Crippen LogP) is 2.44. The first-order chi connectivity index (χ1) is 8.15. The Hall–Kier alpha value is -1.64. The number of hydrogen-bond acceptors (Lipinski definition) is 2. The molecule has 1 rings (SSSR count). The molecule has 0 aliphatic rings. The highest BCUT2D eigenvalue weighted by atomic mass is 16.2. The summed E-state index contributed by atoms with van der Waals surface area (Å²) in [6.07, 6.45) is 5.42. The number of rotatable bonds is 5. The van der Waals surface area contributed by atoms with Crippen molar-refractivity contribution in [2.45, 2.75) is 26.7 Å². The Kier molecular flexibility index (Phi) is 5.40. The second-order valence-electron chi connectivity index (χ2n) is 4.09. The SMILES string of the molecule is CC/C=C(/C)C(=O)N(C)CCc1ccccn1. The molecule has 3 nitrogen and oxygen atoms in total. The number of aromatic nitrogens is 1. The van der Waals surface area contributed by atoms with E-state index in [1.54, 1.807) is 11.1 Å². The van der Waals surface area contributed by atoms with E-state index in [4.69, 9.17) is 0 Å². The van der Waals surface area contributed by atoms with Gasteiger partial charge in [-0.1, -0.05) is 19.1 Å². The largest absolute Gasteiger partial charge is 0.342 e. The molecule has 0 spiro atoms. The van der Waals surface area contributed by atoms with Gasteiger partial charge in [0.15, 0.2) is 0 Å². The highest BCUT2D eigenvalue weighted by Gasteiger charge is 2.10. The standard InChI is InChI=1S/C14H20N2O/c1-4-7-12(2)14(17)16(3)11-9-13-8-5-6-10-15-13/h5-8,10H,4,9,11H2,1-3H3/b12-7-. The van der Waals surface area contributed by atoms with E-state index < -0.39 is 0 Å².